The smallest absolute Gasteiger partial charge is 0.353 e. The van der Waals surface area contributed by atoms with Gasteiger partial charge in [0, 0.05) is 19.0 Å². The van der Waals surface area contributed by atoms with Crippen LogP contribution in [0.15, 0.2) is 5.16 Å². The summed E-state index contributed by atoms with van der Waals surface area (Å²) in [7, 11) is 0. The summed E-state index contributed by atoms with van der Waals surface area (Å²) >= 11 is 0. The number of aliphatic carboxylic acids is 1. The molecule has 0 aliphatic carbocycles. The second-order valence-corrected chi connectivity index (χ2v) is 5.08. The number of amides is 1. The van der Waals surface area contributed by atoms with Gasteiger partial charge in [0.25, 0.3) is 5.91 Å². The van der Waals surface area contributed by atoms with Crippen LogP contribution < -0.4 is 0 Å². The van der Waals surface area contributed by atoms with Crippen LogP contribution in [0.4, 0.5) is 0 Å². The largest absolute Gasteiger partial charge is 0.477 e. The van der Waals surface area contributed by atoms with Crippen molar-refractivity contribution in [2.24, 2.45) is 5.16 Å². The normalized spacial score (nSPS) is 27.4. The molecule has 2 unspecified atom stereocenters. The van der Waals surface area contributed by atoms with Gasteiger partial charge in [-0.05, 0) is 19.3 Å². The van der Waals surface area contributed by atoms with Gasteiger partial charge < -0.3 is 14.8 Å². The molecular formula is C13H20N2O4. The van der Waals surface area contributed by atoms with Crippen LogP contribution in [0.5, 0.6) is 0 Å². The van der Waals surface area contributed by atoms with Crippen LogP contribution >= 0.6 is 0 Å². The zero-order chi connectivity index (χ0) is 13.8. The minimum Gasteiger partial charge on any atom is -0.477 e. The summed E-state index contributed by atoms with van der Waals surface area (Å²) in [6, 6.07) is 0.243. The first-order valence-corrected chi connectivity index (χ1v) is 6.90. The molecule has 0 spiro atoms. The quantitative estimate of drug-likeness (QED) is 0.839. The lowest BCUT2D eigenvalue weighted by atomic mass is 10.1. The van der Waals surface area contributed by atoms with E-state index in [0.29, 0.717) is 0 Å². The van der Waals surface area contributed by atoms with Gasteiger partial charge in [-0.25, -0.2) is 4.79 Å². The highest BCUT2D eigenvalue weighted by Crippen LogP contribution is 2.22. The molecule has 1 amide bonds. The van der Waals surface area contributed by atoms with Crippen LogP contribution in [-0.2, 0) is 14.4 Å². The van der Waals surface area contributed by atoms with E-state index in [9.17, 15) is 9.59 Å². The van der Waals surface area contributed by atoms with Gasteiger partial charge >= 0.3 is 5.97 Å². The molecule has 0 bridgehead atoms. The fraction of sp³-hybridized carbons (Fsp3) is 0.769. The lowest BCUT2D eigenvalue weighted by Crippen LogP contribution is -2.45. The van der Waals surface area contributed by atoms with Crippen molar-refractivity contribution >= 4 is 17.6 Å². The van der Waals surface area contributed by atoms with Crippen molar-refractivity contribution in [1.29, 1.82) is 0 Å². The first-order chi connectivity index (χ1) is 9.13. The summed E-state index contributed by atoms with van der Waals surface area (Å²) in [5.74, 6) is -1.23. The van der Waals surface area contributed by atoms with Crippen LogP contribution in [0, 0.1) is 0 Å². The van der Waals surface area contributed by atoms with E-state index in [-0.39, 0.29) is 24.1 Å². The van der Waals surface area contributed by atoms with Gasteiger partial charge in [-0.1, -0.05) is 24.9 Å². The molecule has 2 aliphatic heterocycles. The zero-order valence-electron chi connectivity index (χ0n) is 11.2. The molecule has 106 valence electrons. The highest BCUT2D eigenvalue weighted by molar-refractivity contribution is 6.36. The number of rotatable bonds is 3. The molecule has 0 aromatic carbocycles. The molecule has 19 heavy (non-hydrogen) atoms. The van der Waals surface area contributed by atoms with E-state index < -0.39 is 12.1 Å². The Hall–Kier alpha value is -1.59. The molecule has 0 radical (unpaired) electrons. The number of oxime groups is 1. The van der Waals surface area contributed by atoms with Crippen molar-refractivity contribution in [3.8, 4) is 0 Å². The molecule has 1 N–H and O–H groups in total. The van der Waals surface area contributed by atoms with E-state index in [1.165, 1.54) is 0 Å². The summed E-state index contributed by atoms with van der Waals surface area (Å²) in [6.07, 6.45) is 4.54. The molecule has 0 aromatic heterocycles. The van der Waals surface area contributed by atoms with Gasteiger partial charge in [0.05, 0.1) is 0 Å². The Kier molecular flexibility index (Phi) is 4.39. The SMILES string of the molecule is CCC1CCCCCN1C(=O)C1CC(C(=O)O)=NO1. The van der Waals surface area contributed by atoms with Gasteiger partial charge in [-0.2, -0.15) is 0 Å². The summed E-state index contributed by atoms with van der Waals surface area (Å²) < 4.78 is 0. The van der Waals surface area contributed by atoms with Crippen molar-refractivity contribution in [3.05, 3.63) is 0 Å². The van der Waals surface area contributed by atoms with E-state index in [4.69, 9.17) is 9.94 Å². The highest BCUT2D eigenvalue weighted by Gasteiger charge is 2.36. The Balaban J connectivity index is 2.00. The third-order valence-electron chi connectivity index (χ3n) is 3.82. The minimum absolute atomic E-state index is 0.0683. The number of carbonyl (C=O) groups excluding carboxylic acids is 1. The van der Waals surface area contributed by atoms with Crippen LogP contribution in [0.3, 0.4) is 0 Å². The molecule has 0 aromatic rings. The van der Waals surface area contributed by atoms with Crippen molar-refractivity contribution < 1.29 is 19.5 Å². The summed E-state index contributed by atoms with van der Waals surface area (Å²) in [4.78, 5) is 30.1. The third kappa shape index (κ3) is 3.05. The topological polar surface area (TPSA) is 79.2 Å². The fourth-order valence-electron chi connectivity index (χ4n) is 2.71. The van der Waals surface area contributed by atoms with Gasteiger partial charge in [-0.15, -0.1) is 0 Å². The second kappa shape index (κ2) is 6.04. The maximum absolute atomic E-state index is 12.4. The lowest BCUT2D eigenvalue weighted by Gasteiger charge is -2.30. The monoisotopic (exact) mass is 268 g/mol. The third-order valence-corrected chi connectivity index (χ3v) is 3.82. The van der Waals surface area contributed by atoms with E-state index in [1.807, 2.05) is 4.90 Å². The Bertz CT molecular complexity index is 394. The lowest BCUT2D eigenvalue weighted by molar-refractivity contribution is -0.144. The molecule has 2 atom stereocenters. The Morgan fingerprint density at radius 1 is 1.42 bits per heavy atom. The Morgan fingerprint density at radius 3 is 2.84 bits per heavy atom. The second-order valence-electron chi connectivity index (χ2n) is 5.08. The van der Waals surface area contributed by atoms with Crippen molar-refractivity contribution in [2.75, 3.05) is 6.54 Å². The van der Waals surface area contributed by atoms with Crippen molar-refractivity contribution in [1.82, 2.24) is 4.90 Å². The number of carbonyl (C=O) groups is 2. The van der Waals surface area contributed by atoms with Crippen molar-refractivity contribution in [2.45, 2.75) is 57.6 Å². The van der Waals surface area contributed by atoms with Crippen LogP contribution in [0.25, 0.3) is 0 Å². The highest BCUT2D eigenvalue weighted by atomic mass is 16.6. The summed E-state index contributed by atoms with van der Waals surface area (Å²) in [5, 5.41) is 12.3. The van der Waals surface area contributed by atoms with Gasteiger partial charge in [-0.3, -0.25) is 4.79 Å². The first kappa shape index (κ1) is 13.8. The zero-order valence-corrected chi connectivity index (χ0v) is 11.2. The van der Waals surface area contributed by atoms with Crippen LogP contribution in [-0.4, -0.2) is 46.3 Å². The number of nitrogens with zero attached hydrogens (tertiary/aromatic N) is 2. The van der Waals surface area contributed by atoms with Gasteiger partial charge in [0.1, 0.15) is 0 Å². The maximum atomic E-state index is 12.4. The van der Waals surface area contributed by atoms with E-state index in [1.54, 1.807) is 0 Å². The standard InChI is InChI=1S/C13H20N2O4/c1-2-9-6-4-3-5-7-15(9)12(16)11-8-10(13(17)18)14-19-11/h9,11H,2-8H2,1H3,(H,17,18). The van der Waals surface area contributed by atoms with E-state index >= 15 is 0 Å². The number of carboxylic acids is 1. The maximum Gasteiger partial charge on any atom is 0.353 e. The van der Waals surface area contributed by atoms with E-state index in [0.717, 1.165) is 38.6 Å². The van der Waals surface area contributed by atoms with Crippen LogP contribution in [0.2, 0.25) is 0 Å². The number of hydrogen-bond acceptors (Lipinski definition) is 4. The predicted octanol–water partition coefficient (Wildman–Crippen LogP) is 1.40. The van der Waals surface area contributed by atoms with Crippen LogP contribution in [0.1, 0.15) is 45.4 Å². The average molecular weight is 268 g/mol. The average Bonchev–Trinajstić information content (AvgIpc) is 2.77. The molecule has 0 saturated carbocycles. The van der Waals surface area contributed by atoms with Crippen molar-refractivity contribution in [3.63, 3.8) is 0 Å². The first-order valence-electron chi connectivity index (χ1n) is 6.90. The molecule has 2 rings (SSSR count). The molecule has 6 heteroatoms. The van der Waals surface area contributed by atoms with Gasteiger partial charge in [0.2, 0.25) is 6.10 Å². The van der Waals surface area contributed by atoms with Gasteiger partial charge in [0.15, 0.2) is 5.71 Å². The predicted molar refractivity (Wildman–Crippen MR) is 68.8 cm³/mol. The van der Waals surface area contributed by atoms with E-state index in [2.05, 4.69) is 12.1 Å². The number of likely N-dealkylation sites (tertiary alicyclic amines) is 1. The molecule has 1 saturated heterocycles. The molecule has 1 fully saturated rings. The Morgan fingerprint density at radius 2 is 2.21 bits per heavy atom. The summed E-state index contributed by atoms with van der Waals surface area (Å²) in [6.45, 7) is 2.81. The Labute approximate surface area is 112 Å². The molecule has 2 heterocycles. The number of hydrogen-bond donors (Lipinski definition) is 1. The molecule has 6 nitrogen and oxygen atoms in total. The number of carboxylic acid groups (broad SMARTS) is 1. The molecular weight excluding hydrogens is 248 g/mol. The minimum atomic E-state index is -1.11. The summed E-state index contributed by atoms with van der Waals surface area (Å²) in [5.41, 5.74) is -0.0683. The fourth-order valence-corrected chi connectivity index (χ4v) is 2.71. The molecule has 2 aliphatic rings.